The molecular formula is C14H16O3. The fourth-order valence-electron chi connectivity index (χ4n) is 1.89. The van der Waals surface area contributed by atoms with E-state index in [1.165, 1.54) is 0 Å². The number of hydrogen-bond acceptors (Lipinski definition) is 3. The van der Waals surface area contributed by atoms with Crippen molar-refractivity contribution >= 4 is 12.0 Å². The number of esters is 1. The van der Waals surface area contributed by atoms with Gasteiger partial charge in [-0.05, 0) is 37.6 Å². The lowest BCUT2D eigenvalue weighted by atomic mass is 10.0. The van der Waals surface area contributed by atoms with Gasteiger partial charge in [0.25, 0.3) is 0 Å². The predicted octanol–water partition coefficient (Wildman–Crippen LogP) is 2.80. The molecule has 1 heterocycles. The van der Waals surface area contributed by atoms with Gasteiger partial charge in [-0.25, -0.2) is 4.79 Å². The first-order valence-corrected chi connectivity index (χ1v) is 5.58. The minimum atomic E-state index is -0.380. The SMILES string of the molecule is COc1ccc(C=C2CC(C)(C)OC2=O)cc1. The molecule has 17 heavy (non-hydrogen) atoms. The summed E-state index contributed by atoms with van der Waals surface area (Å²) >= 11 is 0. The van der Waals surface area contributed by atoms with E-state index in [-0.39, 0.29) is 11.6 Å². The Hall–Kier alpha value is -1.77. The highest BCUT2D eigenvalue weighted by molar-refractivity contribution is 5.96. The van der Waals surface area contributed by atoms with E-state index in [4.69, 9.17) is 9.47 Å². The normalized spacial score (nSPS) is 20.4. The molecule has 1 fully saturated rings. The predicted molar refractivity (Wildman–Crippen MR) is 65.8 cm³/mol. The van der Waals surface area contributed by atoms with Crippen molar-refractivity contribution in [2.45, 2.75) is 25.9 Å². The second-order valence-electron chi connectivity index (χ2n) is 4.77. The van der Waals surface area contributed by atoms with E-state index in [2.05, 4.69) is 0 Å². The van der Waals surface area contributed by atoms with Crippen molar-refractivity contribution < 1.29 is 14.3 Å². The van der Waals surface area contributed by atoms with Crippen LogP contribution in [0.3, 0.4) is 0 Å². The van der Waals surface area contributed by atoms with Crippen molar-refractivity contribution in [3.05, 3.63) is 35.4 Å². The molecule has 0 N–H and O–H groups in total. The third-order valence-corrected chi connectivity index (χ3v) is 2.70. The molecule has 0 aliphatic carbocycles. The van der Waals surface area contributed by atoms with E-state index >= 15 is 0 Å². The lowest BCUT2D eigenvalue weighted by Crippen LogP contribution is -2.17. The van der Waals surface area contributed by atoms with Gasteiger partial charge in [0.15, 0.2) is 0 Å². The summed E-state index contributed by atoms with van der Waals surface area (Å²) in [5.41, 5.74) is 1.32. The first-order valence-electron chi connectivity index (χ1n) is 5.58. The van der Waals surface area contributed by atoms with Gasteiger partial charge >= 0.3 is 5.97 Å². The highest BCUT2D eigenvalue weighted by Gasteiger charge is 2.35. The van der Waals surface area contributed by atoms with Gasteiger partial charge in [0.2, 0.25) is 0 Å². The van der Waals surface area contributed by atoms with Crippen LogP contribution in [0.5, 0.6) is 5.75 Å². The molecule has 0 atom stereocenters. The summed E-state index contributed by atoms with van der Waals surface area (Å²) < 4.78 is 10.3. The molecule has 0 aromatic heterocycles. The zero-order valence-corrected chi connectivity index (χ0v) is 10.3. The number of ether oxygens (including phenoxy) is 2. The molecule has 0 amide bonds. The van der Waals surface area contributed by atoms with Gasteiger partial charge in [0.1, 0.15) is 11.4 Å². The minimum absolute atomic E-state index is 0.217. The van der Waals surface area contributed by atoms with Crippen molar-refractivity contribution in [1.29, 1.82) is 0 Å². The quantitative estimate of drug-likeness (QED) is 0.581. The molecule has 1 aliphatic heterocycles. The van der Waals surface area contributed by atoms with Crippen LogP contribution in [0.2, 0.25) is 0 Å². The molecule has 0 bridgehead atoms. The van der Waals surface area contributed by atoms with Crippen LogP contribution in [0, 0.1) is 0 Å². The molecule has 3 heteroatoms. The van der Waals surface area contributed by atoms with E-state index in [9.17, 15) is 4.79 Å². The van der Waals surface area contributed by atoms with Gasteiger partial charge in [0, 0.05) is 12.0 Å². The number of methoxy groups -OCH3 is 1. The van der Waals surface area contributed by atoms with Crippen molar-refractivity contribution in [2.75, 3.05) is 7.11 Å². The summed E-state index contributed by atoms with van der Waals surface area (Å²) in [5.74, 6) is 0.590. The molecule has 3 nitrogen and oxygen atoms in total. The zero-order valence-electron chi connectivity index (χ0n) is 10.3. The number of benzene rings is 1. The number of hydrogen-bond donors (Lipinski definition) is 0. The Morgan fingerprint density at radius 3 is 2.41 bits per heavy atom. The summed E-state index contributed by atoms with van der Waals surface area (Å²) in [6.45, 7) is 3.83. The number of carbonyl (C=O) groups excluding carboxylic acids is 1. The summed E-state index contributed by atoms with van der Waals surface area (Å²) in [6, 6.07) is 7.59. The van der Waals surface area contributed by atoms with E-state index < -0.39 is 0 Å². The van der Waals surface area contributed by atoms with Gasteiger partial charge in [-0.15, -0.1) is 0 Å². The third kappa shape index (κ3) is 2.67. The van der Waals surface area contributed by atoms with Gasteiger partial charge in [-0.3, -0.25) is 0 Å². The Bertz CT molecular complexity index is 455. The van der Waals surface area contributed by atoms with Crippen molar-refractivity contribution in [3.63, 3.8) is 0 Å². The maximum absolute atomic E-state index is 11.6. The lowest BCUT2D eigenvalue weighted by molar-refractivity contribution is -0.143. The second kappa shape index (κ2) is 4.24. The van der Waals surface area contributed by atoms with Crippen LogP contribution in [0.15, 0.2) is 29.8 Å². The van der Waals surface area contributed by atoms with Crippen molar-refractivity contribution in [1.82, 2.24) is 0 Å². The first kappa shape index (κ1) is 11.7. The molecule has 0 unspecified atom stereocenters. The molecule has 0 spiro atoms. The highest BCUT2D eigenvalue weighted by Crippen LogP contribution is 2.31. The standard InChI is InChI=1S/C14H16O3/c1-14(2)9-11(13(15)17-14)8-10-4-6-12(16-3)7-5-10/h4-8H,9H2,1-3H3. The van der Waals surface area contributed by atoms with E-state index in [0.717, 1.165) is 16.9 Å². The smallest absolute Gasteiger partial charge is 0.334 e. The molecule has 90 valence electrons. The molecule has 0 radical (unpaired) electrons. The first-order chi connectivity index (χ1) is 8.00. The average Bonchev–Trinajstić information content (AvgIpc) is 2.53. The Labute approximate surface area is 101 Å². The number of cyclic esters (lactones) is 1. The van der Waals surface area contributed by atoms with Crippen LogP contribution < -0.4 is 4.74 Å². The van der Waals surface area contributed by atoms with Gasteiger partial charge in [0.05, 0.1) is 7.11 Å². The number of rotatable bonds is 2. The number of carbonyl (C=O) groups is 1. The van der Waals surface area contributed by atoms with Gasteiger partial charge in [-0.2, -0.15) is 0 Å². The van der Waals surface area contributed by atoms with Crippen LogP contribution in [-0.2, 0) is 9.53 Å². The fourth-order valence-corrected chi connectivity index (χ4v) is 1.89. The third-order valence-electron chi connectivity index (χ3n) is 2.70. The zero-order chi connectivity index (χ0) is 12.5. The van der Waals surface area contributed by atoms with E-state index in [1.807, 2.05) is 44.2 Å². The van der Waals surface area contributed by atoms with Gasteiger partial charge < -0.3 is 9.47 Å². The molecule has 1 aliphatic rings. The Morgan fingerprint density at radius 2 is 1.94 bits per heavy atom. The summed E-state index contributed by atoms with van der Waals surface area (Å²) in [5, 5.41) is 0. The Balaban J connectivity index is 2.21. The molecule has 1 aromatic carbocycles. The van der Waals surface area contributed by atoms with Crippen molar-refractivity contribution in [2.24, 2.45) is 0 Å². The van der Waals surface area contributed by atoms with Crippen LogP contribution in [0.25, 0.3) is 6.08 Å². The molecule has 1 aromatic rings. The van der Waals surface area contributed by atoms with Crippen LogP contribution >= 0.6 is 0 Å². The van der Waals surface area contributed by atoms with E-state index in [1.54, 1.807) is 7.11 Å². The van der Waals surface area contributed by atoms with Crippen molar-refractivity contribution in [3.8, 4) is 5.75 Å². The molecular weight excluding hydrogens is 216 g/mol. The van der Waals surface area contributed by atoms with Crippen LogP contribution in [-0.4, -0.2) is 18.7 Å². The maximum Gasteiger partial charge on any atom is 0.334 e. The largest absolute Gasteiger partial charge is 0.497 e. The molecule has 0 saturated carbocycles. The van der Waals surface area contributed by atoms with Crippen LogP contribution in [0.1, 0.15) is 25.8 Å². The lowest BCUT2D eigenvalue weighted by Gasteiger charge is -2.13. The van der Waals surface area contributed by atoms with Gasteiger partial charge in [-0.1, -0.05) is 12.1 Å². The summed E-state index contributed by atoms with van der Waals surface area (Å²) in [7, 11) is 1.63. The Kier molecular flexibility index (Phi) is 2.92. The summed E-state index contributed by atoms with van der Waals surface area (Å²) in [6.07, 6.45) is 2.52. The van der Waals surface area contributed by atoms with E-state index in [0.29, 0.717) is 6.42 Å². The fraction of sp³-hybridized carbons (Fsp3) is 0.357. The average molecular weight is 232 g/mol. The molecule has 2 rings (SSSR count). The monoisotopic (exact) mass is 232 g/mol. The van der Waals surface area contributed by atoms with Crippen LogP contribution in [0.4, 0.5) is 0 Å². The molecule has 1 saturated heterocycles. The maximum atomic E-state index is 11.6. The highest BCUT2D eigenvalue weighted by atomic mass is 16.6. The summed E-state index contributed by atoms with van der Waals surface area (Å²) in [4.78, 5) is 11.6. The minimum Gasteiger partial charge on any atom is -0.497 e. The second-order valence-corrected chi connectivity index (χ2v) is 4.77. The Morgan fingerprint density at radius 1 is 1.29 bits per heavy atom. The topological polar surface area (TPSA) is 35.5 Å².